The smallest absolute Gasteiger partial charge is 0.306 e. The van der Waals surface area contributed by atoms with Crippen molar-refractivity contribution >= 4 is 23.7 Å². The Balaban J connectivity index is 1.84. The summed E-state index contributed by atoms with van der Waals surface area (Å²) in [5.41, 5.74) is 0. The van der Waals surface area contributed by atoms with Gasteiger partial charge in [0.25, 0.3) is 0 Å². The van der Waals surface area contributed by atoms with E-state index < -0.39 is 0 Å². The van der Waals surface area contributed by atoms with Gasteiger partial charge in [-0.05, 0) is 37.5 Å². The molecule has 0 aromatic heterocycles. The minimum atomic E-state index is -0.105. The Morgan fingerprint density at radius 1 is 0.789 bits per heavy atom. The summed E-state index contributed by atoms with van der Waals surface area (Å²) in [6, 6.07) is 0. The fraction of sp³-hybridized carbons (Fsp3) is 0.857. The molecule has 4 nitrogen and oxygen atoms in total. The number of rotatable bonds is 0. The predicted octanol–water partition coefficient (Wildman–Crippen LogP) is 2.41. The van der Waals surface area contributed by atoms with E-state index >= 15 is 0 Å². The van der Waals surface area contributed by atoms with E-state index in [9.17, 15) is 9.59 Å². The molecule has 0 amide bonds. The van der Waals surface area contributed by atoms with E-state index in [0.29, 0.717) is 37.9 Å². The van der Waals surface area contributed by atoms with Gasteiger partial charge in [0.05, 0.1) is 26.1 Å². The molecular formula is C14H22O4S. The van der Waals surface area contributed by atoms with Crippen LogP contribution in [0.2, 0.25) is 0 Å². The van der Waals surface area contributed by atoms with Gasteiger partial charge in [-0.3, -0.25) is 9.59 Å². The molecule has 2 saturated heterocycles. The van der Waals surface area contributed by atoms with Gasteiger partial charge in [0.2, 0.25) is 0 Å². The van der Waals surface area contributed by atoms with Crippen LogP contribution in [0.25, 0.3) is 0 Å². The Labute approximate surface area is 118 Å². The molecule has 0 atom stereocenters. The summed E-state index contributed by atoms with van der Waals surface area (Å²) in [5, 5.41) is 0. The van der Waals surface area contributed by atoms with Crippen LogP contribution in [0.3, 0.4) is 0 Å². The molecule has 0 aromatic carbocycles. The van der Waals surface area contributed by atoms with Gasteiger partial charge in [0, 0.05) is 11.5 Å². The molecular weight excluding hydrogens is 264 g/mol. The molecule has 2 bridgehead atoms. The first-order valence-corrected chi connectivity index (χ1v) is 8.28. The van der Waals surface area contributed by atoms with E-state index in [1.54, 1.807) is 11.8 Å². The van der Waals surface area contributed by atoms with Crippen molar-refractivity contribution in [2.45, 2.75) is 38.5 Å². The van der Waals surface area contributed by atoms with Gasteiger partial charge in [-0.2, -0.15) is 11.8 Å². The highest BCUT2D eigenvalue weighted by atomic mass is 32.2. The zero-order valence-electron chi connectivity index (χ0n) is 11.3. The molecule has 0 spiro atoms. The number of ether oxygens (including phenoxy) is 2. The lowest BCUT2D eigenvalue weighted by Gasteiger charge is -2.27. The molecule has 3 rings (SSSR count). The van der Waals surface area contributed by atoms with Gasteiger partial charge in [0.1, 0.15) is 0 Å². The SMILES string of the molecule is O=C1CCSCCC(=O)OCC2CCC(CC2)CO1. The Bertz CT molecular complexity index is 281. The molecule has 108 valence electrons. The average molecular weight is 286 g/mol. The van der Waals surface area contributed by atoms with Gasteiger partial charge in [0.15, 0.2) is 0 Å². The van der Waals surface area contributed by atoms with Crippen molar-refractivity contribution < 1.29 is 19.1 Å². The van der Waals surface area contributed by atoms with E-state index in [4.69, 9.17) is 9.47 Å². The molecule has 5 heteroatoms. The fourth-order valence-corrected chi connectivity index (χ4v) is 3.37. The third-order valence-corrected chi connectivity index (χ3v) is 4.81. The number of esters is 2. The summed E-state index contributed by atoms with van der Waals surface area (Å²) in [4.78, 5) is 23.1. The number of fused-ring (bicyclic) bond motifs is 12. The molecule has 0 radical (unpaired) electrons. The Kier molecular flexibility index (Phi) is 6.01. The molecule has 2 aliphatic heterocycles. The Morgan fingerprint density at radius 3 is 1.63 bits per heavy atom. The van der Waals surface area contributed by atoms with Crippen molar-refractivity contribution in [3.63, 3.8) is 0 Å². The van der Waals surface area contributed by atoms with Crippen LogP contribution in [-0.2, 0) is 19.1 Å². The quantitative estimate of drug-likeness (QED) is 0.640. The van der Waals surface area contributed by atoms with Crippen molar-refractivity contribution in [3.05, 3.63) is 0 Å². The lowest BCUT2D eigenvalue weighted by atomic mass is 9.83. The predicted molar refractivity (Wildman–Crippen MR) is 73.9 cm³/mol. The zero-order chi connectivity index (χ0) is 13.5. The molecule has 1 aliphatic carbocycles. The summed E-state index contributed by atoms with van der Waals surface area (Å²) < 4.78 is 10.6. The van der Waals surface area contributed by atoms with Gasteiger partial charge in [-0.25, -0.2) is 0 Å². The van der Waals surface area contributed by atoms with Crippen molar-refractivity contribution in [1.82, 2.24) is 0 Å². The minimum Gasteiger partial charge on any atom is -0.465 e. The van der Waals surface area contributed by atoms with Crippen molar-refractivity contribution in [2.75, 3.05) is 24.7 Å². The van der Waals surface area contributed by atoms with Gasteiger partial charge in [-0.15, -0.1) is 0 Å². The number of carbonyl (C=O) groups excluding carboxylic acids is 2. The summed E-state index contributed by atoms with van der Waals surface area (Å²) >= 11 is 1.61. The molecule has 2 heterocycles. The Morgan fingerprint density at radius 2 is 1.21 bits per heavy atom. The standard InChI is InChI=1S/C14H22O4S/c15-13-5-7-19-8-6-14(16)18-10-12-2-1-11(3-4-12)9-17-13/h11-12H,1-10H2. The van der Waals surface area contributed by atoms with Crippen molar-refractivity contribution in [3.8, 4) is 0 Å². The maximum Gasteiger partial charge on any atom is 0.306 e. The van der Waals surface area contributed by atoms with E-state index in [0.717, 1.165) is 37.2 Å². The highest BCUT2D eigenvalue weighted by Crippen LogP contribution is 2.29. The number of hydrogen-bond acceptors (Lipinski definition) is 5. The average Bonchev–Trinajstić information content (AvgIpc) is 2.43. The van der Waals surface area contributed by atoms with Gasteiger partial charge in [-0.1, -0.05) is 0 Å². The third-order valence-electron chi connectivity index (χ3n) is 3.83. The topological polar surface area (TPSA) is 52.6 Å². The van der Waals surface area contributed by atoms with Crippen LogP contribution >= 0.6 is 11.8 Å². The first-order chi connectivity index (χ1) is 9.24. The largest absolute Gasteiger partial charge is 0.465 e. The molecule has 0 aromatic rings. The van der Waals surface area contributed by atoms with Crippen LogP contribution in [0.4, 0.5) is 0 Å². The lowest BCUT2D eigenvalue weighted by molar-refractivity contribution is -0.147. The van der Waals surface area contributed by atoms with E-state index in [2.05, 4.69) is 0 Å². The third kappa shape index (κ3) is 5.43. The summed E-state index contributed by atoms with van der Waals surface area (Å²) in [6.45, 7) is 1.13. The second-order valence-corrected chi connectivity index (χ2v) is 6.59. The van der Waals surface area contributed by atoms with Crippen molar-refractivity contribution in [2.24, 2.45) is 11.8 Å². The van der Waals surface area contributed by atoms with Crippen LogP contribution in [0.1, 0.15) is 38.5 Å². The summed E-state index contributed by atoms with van der Waals surface area (Å²) in [6.07, 6.45) is 5.17. The number of carbonyl (C=O) groups is 2. The van der Waals surface area contributed by atoms with E-state index in [1.807, 2.05) is 0 Å². The second kappa shape index (κ2) is 7.78. The lowest BCUT2D eigenvalue weighted by Crippen LogP contribution is -2.23. The first kappa shape index (κ1) is 14.7. The van der Waals surface area contributed by atoms with Crippen molar-refractivity contribution in [1.29, 1.82) is 0 Å². The summed E-state index contributed by atoms with van der Waals surface area (Å²) in [7, 11) is 0. The normalized spacial score (nSPS) is 30.9. The summed E-state index contributed by atoms with van der Waals surface area (Å²) in [5.74, 6) is 2.22. The van der Waals surface area contributed by atoms with Crippen LogP contribution < -0.4 is 0 Å². The molecule has 19 heavy (non-hydrogen) atoms. The molecule has 1 saturated carbocycles. The molecule has 0 N–H and O–H groups in total. The number of hydrogen-bond donors (Lipinski definition) is 0. The van der Waals surface area contributed by atoms with E-state index in [-0.39, 0.29) is 11.9 Å². The van der Waals surface area contributed by atoms with Gasteiger partial charge >= 0.3 is 11.9 Å². The Hall–Kier alpha value is -0.710. The number of thioether (sulfide) groups is 1. The van der Waals surface area contributed by atoms with Crippen LogP contribution in [0.15, 0.2) is 0 Å². The monoisotopic (exact) mass is 286 g/mol. The molecule has 3 fully saturated rings. The van der Waals surface area contributed by atoms with Crippen LogP contribution in [0, 0.1) is 11.8 Å². The fourth-order valence-electron chi connectivity index (χ4n) is 2.54. The highest BCUT2D eigenvalue weighted by molar-refractivity contribution is 7.99. The minimum absolute atomic E-state index is 0.105. The van der Waals surface area contributed by atoms with Gasteiger partial charge < -0.3 is 9.47 Å². The molecule has 0 unspecified atom stereocenters. The highest BCUT2D eigenvalue weighted by Gasteiger charge is 2.23. The van der Waals surface area contributed by atoms with Crippen LogP contribution in [-0.4, -0.2) is 36.7 Å². The first-order valence-electron chi connectivity index (χ1n) is 7.13. The maximum absolute atomic E-state index is 11.5. The van der Waals surface area contributed by atoms with E-state index in [1.165, 1.54) is 0 Å². The molecule has 3 aliphatic rings. The van der Waals surface area contributed by atoms with Crippen LogP contribution in [0.5, 0.6) is 0 Å². The maximum atomic E-state index is 11.5. The zero-order valence-corrected chi connectivity index (χ0v) is 12.1. The second-order valence-electron chi connectivity index (χ2n) is 5.37.